The maximum Gasteiger partial charge on any atom is 0.141 e. The molecule has 0 spiro atoms. The van der Waals surface area contributed by atoms with Crippen molar-refractivity contribution < 1.29 is 4.74 Å². The number of hydrogen-bond donors (Lipinski definition) is 0. The summed E-state index contributed by atoms with van der Waals surface area (Å²) in [5, 5.41) is 0. The van der Waals surface area contributed by atoms with Crippen LogP contribution in [-0.2, 0) is 6.54 Å². The lowest BCUT2D eigenvalue weighted by Crippen LogP contribution is -1.98. The molecule has 3 rings (SSSR count). The number of allylic oxidation sites excluding steroid dienone is 1. The first-order valence-corrected chi connectivity index (χ1v) is 6.54. The number of ether oxygens (including phenoxy) is 1. The van der Waals surface area contributed by atoms with E-state index in [1.54, 1.807) is 7.11 Å². The molecule has 0 radical (unpaired) electrons. The van der Waals surface area contributed by atoms with Gasteiger partial charge in [0.25, 0.3) is 0 Å². The van der Waals surface area contributed by atoms with Crippen molar-refractivity contribution in [2.45, 2.75) is 6.54 Å². The third-order valence-corrected chi connectivity index (χ3v) is 3.31. The first-order valence-electron chi connectivity index (χ1n) is 6.54. The van der Waals surface area contributed by atoms with Crippen molar-refractivity contribution in [3.63, 3.8) is 0 Å². The molecule has 1 aromatic heterocycles. The van der Waals surface area contributed by atoms with Crippen molar-refractivity contribution in [3.05, 3.63) is 61.2 Å². The van der Waals surface area contributed by atoms with Gasteiger partial charge >= 0.3 is 0 Å². The Hall–Kier alpha value is -2.55. The van der Waals surface area contributed by atoms with Crippen molar-refractivity contribution in [1.82, 2.24) is 9.55 Å². The molecule has 3 aromatic rings. The Morgan fingerprint density at radius 1 is 1.15 bits per heavy atom. The van der Waals surface area contributed by atoms with Gasteiger partial charge in [-0.2, -0.15) is 0 Å². The second-order valence-electron chi connectivity index (χ2n) is 4.55. The molecule has 20 heavy (non-hydrogen) atoms. The fraction of sp³-hybridized carbons (Fsp3) is 0.118. The van der Waals surface area contributed by atoms with E-state index in [1.807, 2.05) is 48.5 Å². The standard InChI is InChI=1S/C17H16N2O/c1-3-12-19-16-7-5-4-6-15(16)18-17(19)13-8-10-14(20-2)11-9-13/h3-11H,1,12H2,2H3. The first-order chi connectivity index (χ1) is 9.83. The second kappa shape index (κ2) is 5.21. The van der Waals surface area contributed by atoms with E-state index in [9.17, 15) is 0 Å². The SMILES string of the molecule is C=CCn1c(-c2ccc(OC)cc2)nc2ccccc21. The van der Waals surface area contributed by atoms with Crippen molar-refractivity contribution in [2.24, 2.45) is 0 Å². The van der Waals surface area contributed by atoms with Crippen LogP contribution in [0.5, 0.6) is 5.75 Å². The maximum atomic E-state index is 5.20. The van der Waals surface area contributed by atoms with Crippen molar-refractivity contribution in [3.8, 4) is 17.1 Å². The van der Waals surface area contributed by atoms with Gasteiger partial charge in [-0.1, -0.05) is 18.2 Å². The molecule has 0 amide bonds. The van der Waals surface area contributed by atoms with Crippen molar-refractivity contribution in [1.29, 1.82) is 0 Å². The van der Waals surface area contributed by atoms with Gasteiger partial charge < -0.3 is 9.30 Å². The molecule has 0 bridgehead atoms. The molecule has 0 aliphatic carbocycles. The number of aromatic nitrogens is 2. The maximum absolute atomic E-state index is 5.20. The predicted octanol–water partition coefficient (Wildman–Crippen LogP) is 3.90. The Labute approximate surface area is 118 Å². The van der Waals surface area contributed by atoms with Gasteiger partial charge in [0.05, 0.1) is 18.1 Å². The molecule has 3 heteroatoms. The lowest BCUT2D eigenvalue weighted by atomic mass is 10.2. The van der Waals surface area contributed by atoms with Crippen LogP contribution in [0, 0.1) is 0 Å². The highest BCUT2D eigenvalue weighted by Crippen LogP contribution is 2.26. The monoisotopic (exact) mass is 264 g/mol. The summed E-state index contributed by atoms with van der Waals surface area (Å²) in [5.74, 6) is 1.80. The molecule has 3 nitrogen and oxygen atoms in total. The highest BCUT2D eigenvalue weighted by atomic mass is 16.5. The predicted molar refractivity (Wildman–Crippen MR) is 81.9 cm³/mol. The van der Waals surface area contributed by atoms with Crippen LogP contribution in [0.15, 0.2) is 61.2 Å². The number of imidazole rings is 1. The number of rotatable bonds is 4. The van der Waals surface area contributed by atoms with Gasteiger partial charge in [0.2, 0.25) is 0 Å². The third-order valence-electron chi connectivity index (χ3n) is 3.31. The van der Waals surface area contributed by atoms with E-state index in [1.165, 1.54) is 0 Å². The van der Waals surface area contributed by atoms with E-state index in [2.05, 4.69) is 17.2 Å². The van der Waals surface area contributed by atoms with Gasteiger partial charge in [-0.15, -0.1) is 6.58 Å². The zero-order valence-corrected chi connectivity index (χ0v) is 11.4. The normalized spacial score (nSPS) is 10.7. The molecule has 1 heterocycles. The van der Waals surface area contributed by atoms with Crippen LogP contribution >= 0.6 is 0 Å². The molecule has 2 aromatic carbocycles. The highest BCUT2D eigenvalue weighted by Gasteiger charge is 2.11. The third kappa shape index (κ3) is 2.07. The van der Waals surface area contributed by atoms with Gasteiger partial charge in [0.1, 0.15) is 11.6 Å². The Bertz CT molecular complexity index is 741. The number of hydrogen-bond acceptors (Lipinski definition) is 2. The smallest absolute Gasteiger partial charge is 0.141 e. The summed E-state index contributed by atoms with van der Waals surface area (Å²) in [7, 11) is 1.67. The molecule has 0 atom stereocenters. The Morgan fingerprint density at radius 2 is 1.90 bits per heavy atom. The molecule has 100 valence electrons. The Kier molecular flexibility index (Phi) is 3.25. The minimum absolute atomic E-state index is 0.738. The van der Waals surface area contributed by atoms with Crippen molar-refractivity contribution in [2.75, 3.05) is 7.11 Å². The van der Waals surface area contributed by atoms with E-state index in [0.717, 1.165) is 34.7 Å². The van der Waals surface area contributed by atoms with Crippen LogP contribution in [0.2, 0.25) is 0 Å². The molecule has 0 aliphatic rings. The van der Waals surface area contributed by atoms with E-state index in [4.69, 9.17) is 9.72 Å². The van der Waals surface area contributed by atoms with Crippen LogP contribution < -0.4 is 4.74 Å². The average molecular weight is 264 g/mol. The summed E-state index contributed by atoms with van der Waals surface area (Å²) in [4.78, 5) is 4.73. The highest BCUT2D eigenvalue weighted by molar-refractivity contribution is 5.80. The summed E-state index contributed by atoms with van der Waals surface area (Å²) in [6, 6.07) is 16.1. The fourth-order valence-electron chi connectivity index (χ4n) is 2.35. The van der Waals surface area contributed by atoms with Crippen LogP contribution in [0.1, 0.15) is 0 Å². The molecule has 0 unspecified atom stereocenters. The summed E-state index contributed by atoms with van der Waals surface area (Å²) in [6.45, 7) is 4.57. The number of methoxy groups -OCH3 is 1. The van der Waals surface area contributed by atoms with Crippen LogP contribution in [0.4, 0.5) is 0 Å². The van der Waals surface area contributed by atoms with Gasteiger partial charge in [0, 0.05) is 12.1 Å². The molecular formula is C17H16N2O. The van der Waals surface area contributed by atoms with E-state index in [-0.39, 0.29) is 0 Å². The minimum atomic E-state index is 0.738. The fourth-order valence-corrected chi connectivity index (χ4v) is 2.35. The quantitative estimate of drug-likeness (QED) is 0.668. The van der Waals surface area contributed by atoms with Crippen LogP contribution in [0.25, 0.3) is 22.4 Å². The van der Waals surface area contributed by atoms with E-state index in [0.29, 0.717) is 0 Å². The lowest BCUT2D eigenvalue weighted by Gasteiger charge is -2.07. The Balaban J connectivity index is 2.18. The lowest BCUT2D eigenvalue weighted by molar-refractivity contribution is 0.415. The summed E-state index contributed by atoms with van der Waals surface area (Å²) >= 11 is 0. The zero-order valence-electron chi connectivity index (χ0n) is 11.4. The number of nitrogens with zero attached hydrogens (tertiary/aromatic N) is 2. The largest absolute Gasteiger partial charge is 0.497 e. The van der Waals surface area contributed by atoms with Crippen molar-refractivity contribution >= 4 is 11.0 Å². The van der Waals surface area contributed by atoms with Crippen LogP contribution in [-0.4, -0.2) is 16.7 Å². The summed E-state index contributed by atoms with van der Waals surface area (Å²) in [6.07, 6.45) is 1.89. The number of para-hydroxylation sites is 2. The second-order valence-corrected chi connectivity index (χ2v) is 4.55. The van der Waals surface area contributed by atoms with Gasteiger partial charge in [-0.05, 0) is 36.4 Å². The molecule has 0 saturated heterocycles. The summed E-state index contributed by atoms with van der Waals surface area (Å²) in [5.41, 5.74) is 3.20. The van der Waals surface area contributed by atoms with Gasteiger partial charge in [-0.25, -0.2) is 4.98 Å². The van der Waals surface area contributed by atoms with Crippen LogP contribution in [0.3, 0.4) is 0 Å². The zero-order chi connectivity index (χ0) is 13.9. The number of benzene rings is 2. The van der Waals surface area contributed by atoms with E-state index < -0.39 is 0 Å². The topological polar surface area (TPSA) is 27.1 Å². The molecule has 0 saturated carbocycles. The number of fused-ring (bicyclic) bond motifs is 1. The molecular weight excluding hydrogens is 248 g/mol. The minimum Gasteiger partial charge on any atom is -0.497 e. The Morgan fingerprint density at radius 3 is 2.60 bits per heavy atom. The van der Waals surface area contributed by atoms with E-state index >= 15 is 0 Å². The molecule has 0 fully saturated rings. The van der Waals surface area contributed by atoms with Gasteiger partial charge in [0.15, 0.2) is 0 Å². The molecule has 0 N–H and O–H groups in total. The van der Waals surface area contributed by atoms with Gasteiger partial charge in [-0.3, -0.25) is 0 Å². The average Bonchev–Trinajstić information content (AvgIpc) is 2.87. The first kappa shape index (κ1) is 12.5. The molecule has 0 aliphatic heterocycles. The summed E-state index contributed by atoms with van der Waals surface area (Å²) < 4.78 is 7.37.